The van der Waals surface area contributed by atoms with Crippen molar-refractivity contribution in [1.29, 1.82) is 0 Å². The number of alkyl halides is 2. The van der Waals surface area contributed by atoms with Gasteiger partial charge in [0.25, 0.3) is 15.5 Å². The van der Waals surface area contributed by atoms with Crippen molar-refractivity contribution in [3.05, 3.63) is 39.3 Å². The Kier molecular flexibility index (Phi) is 4.49. The third-order valence-corrected chi connectivity index (χ3v) is 4.61. The standard InChI is InChI=1S/C10H3ClF4N2O3S2/c11-22(19,20)3-1-4(6(13)5(12)2-3)7(18)9-16-17-10(21-9)8(14)15/h1-2,8H. The first-order chi connectivity index (χ1) is 10.1. The molecule has 0 saturated carbocycles. The quantitative estimate of drug-likeness (QED) is 0.467. The maximum Gasteiger partial charge on any atom is 0.291 e. The summed E-state index contributed by atoms with van der Waals surface area (Å²) in [5.74, 6) is -4.57. The molecule has 0 aliphatic heterocycles. The van der Waals surface area contributed by atoms with E-state index in [1.165, 1.54) is 0 Å². The molecule has 0 fully saturated rings. The maximum absolute atomic E-state index is 13.6. The van der Waals surface area contributed by atoms with E-state index < -0.39 is 53.4 Å². The molecule has 2 rings (SSSR count). The minimum atomic E-state index is -4.43. The van der Waals surface area contributed by atoms with E-state index >= 15 is 0 Å². The number of carbonyl (C=O) groups excluding carboxylic acids is 1. The SMILES string of the molecule is O=C(c1nnc(C(F)F)s1)c1cc(S(=O)(=O)Cl)cc(F)c1F. The van der Waals surface area contributed by atoms with Crippen molar-refractivity contribution in [3.63, 3.8) is 0 Å². The zero-order chi connectivity index (χ0) is 16.7. The summed E-state index contributed by atoms with van der Waals surface area (Å²) in [6.07, 6.45) is -2.99. The van der Waals surface area contributed by atoms with Crippen molar-refractivity contribution >= 4 is 36.9 Å². The molecule has 118 valence electrons. The van der Waals surface area contributed by atoms with Gasteiger partial charge in [0.15, 0.2) is 21.6 Å². The first kappa shape index (κ1) is 16.8. The van der Waals surface area contributed by atoms with E-state index in [-0.39, 0.29) is 11.3 Å². The fraction of sp³-hybridized carbons (Fsp3) is 0.100. The van der Waals surface area contributed by atoms with Crippen molar-refractivity contribution < 1.29 is 30.8 Å². The molecule has 1 aromatic carbocycles. The summed E-state index contributed by atoms with van der Waals surface area (Å²) in [7, 11) is 0.571. The van der Waals surface area contributed by atoms with E-state index in [0.29, 0.717) is 12.1 Å². The third kappa shape index (κ3) is 3.25. The Balaban J connectivity index is 2.55. The maximum atomic E-state index is 13.6. The minimum Gasteiger partial charge on any atom is -0.286 e. The number of benzene rings is 1. The van der Waals surface area contributed by atoms with Crippen LogP contribution in [0.4, 0.5) is 17.6 Å². The zero-order valence-corrected chi connectivity index (χ0v) is 12.4. The van der Waals surface area contributed by atoms with Gasteiger partial charge >= 0.3 is 0 Å². The number of halogens is 5. The summed E-state index contributed by atoms with van der Waals surface area (Å²) in [5, 5.41) is 4.74. The molecular weight excluding hydrogens is 372 g/mol. The number of ketones is 1. The van der Waals surface area contributed by atoms with Gasteiger partial charge in [-0.1, -0.05) is 11.3 Å². The Morgan fingerprint density at radius 2 is 1.86 bits per heavy atom. The van der Waals surface area contributed by atoms with Crippen LogP contribution in [0.1, 0.15) is 26.8 Å². The molecule has 5 nitrogen and oxygen atoms in total. The summed E-state index contributed by atoms with van der Waals surface area (Å²) >= 11 is 0.179. The smallest absolute Gasteiger partial charge is 0.286 e. The lowest BCUT2D eigenvalue weighted by atomic mass is 10.1. The van der Waals surface area contributed by atoms with Gasteiger partial charge in [-0.05, 0) is 12.1 Å². The minimum absolute atomic E-state index is 0.179. The largest absolute Gasteiger partial charge is 0.291 e. The molecule has 0 radical (unpaired) electrons. The molecule has 0 N–H and O–H groups in total. The summed E-state index contributed by atoms with van der Waals surface area (Å²) in [6, 6.07) is 0.783. The van der Waals surface area contributed by atoms with Gasteiger partial charge in [0.05, 0.1) is 10.5 Å². The third-order valence-electron chi connectivity index (χ3n) is 2.35. The lowest BCUT2D eigenvalue weighted by Gasteiger charge is -2.03. The van der Waals surface area contributed by atoms with Crippen molar-refractivity contribution in [2.24, 2.45) is 0 Å². The van der Waals surface area contributed by atoms with Crippen LogP contribution >= 0.6 is 22.0 Å². The Hall–Kier alpha value is -1.59. The number of aromatic nitrogens is 2. The van der Waals surface area contributed by atoms with Gasteiger partial charge in [-0.25, -0.2) is 26.0 Å². The van der Waals surface area contributed by atoms with Gasteiger partial charge in [0, 0.05) is 10.7 Å². The number of carbonyl (C=O) groups is 1. The van der Waals surface area contributed by atoms with Gasteiger partial charge in [-0.15, -0.1) is 10.2 Å². The van der Waals surface area contributed by atoms with Crippen molar-refractivity contribution in [3.8, 4) is 0 Å². The van der Waals surface area contributed by atoms with E-state index in [0.717, 1.165) is 0 Å². The number of rotatable bonds is 4. The molecule has 0 bridgehead atoms. The Bertz CT molecular complexity index is 854. The first-order valence-electron chi connectivity index (χ1n) is 5.21. The average molecular weight is 375 g/mol. The van der Waals surface area contributed by atoms with Crippen LogP contribution in [0.2, 0.25) is 0 Å². The Morgan fingerprint density at radius 1 is 1.23 bits per heavy atom. The highest BCUT2D eigenvalue weighted by atomic mass is 35.7. The highest BCUT2D eigenvalue weighted by Crippen LogP contribution is 2.27. The highest BCUT2D eigenvalue weighted by Gasteiger charge is 2.26. The van der Waals surface area contributed by atoms with Crippen LogP contribution in [0.3, 0.4) is 0 Å². The number of nitrogens with zero attached hydrogens (tertiary/aromatic N) is 2. The van der Waals surface area contributed by atoms with Crippen LogP contribution in [-0.4, -0.2) is 24.4 Å². The predicted molar refractivity (Wildman–Crippen MR) is 67.7 cm³/mol. The van der Waals surface area contributed by atoms with Crippen LogP contribution in [-0.2, 0) is 9.05 Å². The van der Waals surface area contributed by atoms with Crippen molar-refractivity contribution in [2.75, 3.05) is 0 Å². The van der Waals surface area contributed by atoms with E-state index in [1.807, 2.05) is 0 Å². The molecule has 2 aromatic rings. The molecule has 1 aromatic heterocycles. The zero-order valence-electron chi connectivity index (χ0n) is 10.1. The molecule has 0 aliphatic rings. The van der Waals surface area contributed by atoms with Gasteiger partial charge < -0.3 is 0 Å². The predicted octanol–water partition coefficient (Wildman–Crippen LogP) is 2.91. The van der Waals surface area contributed by atoms with E-state index in [2.05, 4.69) is 10.2 Å². The van der Waals surface area contributed by atoms with Crippen molar-refractivity contribution in [1.82, 2.24) is 10.2 Å². The lowest BCUT2D eigenvalue weighted by Crippen LogP contribution is -2.08. The lowest BCUT2D eigenvalue weighted by molar-refractivity contribution is 0.103. The van der Waals surface area contributed by atoms with E-state index in [9.17, 15) is 30.8 Å². The first-order valence-corrected chi connectivity index (χ1v) is 8.33. The average Bonchev–Trinajstić information content (AvgIpc) is 2.89. The molecule has 1 heterocycles. The molecule has 0 atom stereocenters. The monoisotopic (exact) mass is 374 g/mol. The second kappa shape index (κ2) is 5.89. The van der Waals surface area contributed by atoms with E-state index in [1.54, 1.807) is 0 Å². The number of hydrogen-bond donors (Lipinski definition) is 0. The van der Waals surface area contributed by atoms with Crippen LogP contribution in [0, 0.1) is 11.6 Å². The van der Waals surface area contributed by atoms with Crippen LogP contribution < -0.4 is 0 Å². The summed E-state index contributed by atoms with van der Waals surface area (Å²) in [4.78, 5) is 11.1. The second-order valence-corrected chi connectivity index (χ2v) is 7.35. The van der Waals surface area contributed by atoms with Gasteiger partial charge in [-0.2, -0.15) is 0 Å². The van der Waals surface area contributed by atoms with Crippen LogP contribution in [0.25, 0.3) is 0 Å². The molecule has 0 amide bonds. The molecular formula is C10H3ClF4N2O3S2. The van der Waals surface area contributed by atoms with E-state index in [4.69, 9.17) is 10.7 Å². The van der Waals surface area contributed by atoms with Gasteiger partial charge in [0.2, 0.25) is 5.78 Å². The molecule has 22 heavy (non-hydrogen) atoms. The molecule has 12 heteroatoms. The fourth-order valence-corrected chi connectivity index (χ4v) is 2.82. The molecule has 0 aliphatic carbocycles. The Labute approximate surface area is 129 Å². The topological polar surface area (TPSA) is 77.0 Å². The highest BCUT2D eigenvalue weighted by molar-refractivity contribution is 8.13. The second-order valence-electron chi connectivity index (χ2n) is 3.78. The summed E-state index contributed by atoms with van der Waals surface area (Å²) in [6.45, 7) is 0. The van der Waals surface area contributed by atoms with Crippen LogP contribution in [0.5, 0.6) is 0 Å². The van der Waals surface area contributed by atoms with Crippen molar-refractivity contribution in [2.45, 2.75) is 11.3 Å². The molecule has 0 unspecified atom stereocenters. The molecule has 0 spiro atoms. The van der Waals surface area contributed by atoms with Crippen LogP contribution in [0.15, 0.2) is 17.0 Å². The van der Waals surface area contributed by atoms with Gasteiger partial charge in [0.1, 0.15) is 0 Å². The number of hydrogen-bond acceptors (Lipinski definition) is 6. The van der Waals surface area contributed by atoms with Gasteiger partial charge in [-0.3, -0.25) is 4.79 Å². The normalized spacial score (nSPS) is 11.9. The Morgan fingerprint density at radius 3 is 2.36 bits per heavy atom. The fourth-order valence-electron chi connectivity index (χ4n) is 1.40. The summed E-state index contributed by atoms with van der Waals surface area (Å²) < 4.78 is 74.1. The summed E-state index contributed by atoms with van der Waals surface area (Å²) in [5.41, 5.74) is -1.00. The molecule has 0 saturated heterocycles.